The maximum absolute atomic E-state index is 10.7. The molecule has 1 aliphatic rings. The standard InChI is InChI=1S/C9H14O2/c1-7(2)3-4-8-5-6-9(10)11-8/h3,8H,4-6H2,1-2H3/t8-/m1/s1. The number of ether oxygens (including phenoxy) is 1. The molecule has 1 saturated heterocycles. The van der Waals surface area contributed by atoms with Gasteiger partial charge in [-0.25, -0.2) is 0 Å². The maximum atomic E-state index is 10.7. The van der Waals surface area contributed by atoms with Gasteiger partial charge in [-0.2, -0.15) is 0 Å². The van der Waals surface area contributed by atoms with E-state index in [1.165, 1.54) is 5.57 Å². The Morgan fingerprint density at radius 2 is 2.45 bits per heavy atom. The van der Waals surface area contributed by atoms with Crippen LogP contribution in [-0.4, -0.2) is 12.1 Å². The van der Waals surface area contributed by atoms with Crippen molar-refractivity contribution < 1.29 is 9.53 Å². The zero-order valence-electron chi connectivity index (χ0n) is 7.09. The average Bonchev–Trinajstić information content (AvgIpc) is 2.31. The molecule has 0 N–H and O–H groups in total. The molecule has 0 aliphatic carbocycles. The summed E-state index contributed by atoms with van der Waals surface area (Å²) in [6.07, 6.45) is 4.64. The highest BCUT2D eigenvalue weighted by Gasteiger charge is 2.21. The van der Waals surface area contributed by atoms with Crippen LogP contribution in [0.15, 0.2) is 11.6 Å². The Morgan fingerprint density at radius 1 is 1.73 bits per heavy atom. The van der Waals surface area contributed by atoms with E-state index in [1.807, 2.05) is 0 Å². The second-order valence-corrected chi connectivity index (χ2v) is 3.17. The molecule has 1 heterocycles. The van der Waals surface area contributed by atoms with Crippen molar-refractivity contribution in [2.24, 2.45) is 0 Å². The lowest BCUT2D eigenvalue weighted by Crippen LogP contribution is -2.04. The lowest BCUT2D eigenvalue weighted by Gasteiger charge is -2.04. The molecule has 0 aromatic heterocycles. The van der Waals surface area contributed by atoms with Crippen LogP contribution in [0.1, 0.15) is 33.1 Å². The fourth-order valence-electron chi connectivity index (χ4n) is 1.12. The SMILES string of the molecule is CC(C)=CC[C@@H]1CCC(=O)O1. The van der Waals surface area contributed by atoms with Crippen molar-refractivity contribution in [2.75, 3.05) is 0 Å². The quantitative estimate of drug-likeness (QED) is 0.449. The maximum Gasteiger partial charge on any atom is 0.306 e. The van der Waals surface area contributed by atoms with Crippen molar-refractivity contribution in [3.05, 3.63) is 11.6 Å². The van der Waals surface area contributed by atoms with Crippen molar-refractivity contribution in [1.29, 1.82) is 0 Å². The van der Waals surface area contributed by atoms with E-state index in [2.05, 4.69) is 19.9 Å². The number of carbonyl (C=O) groups excluding carboxylic acids is 1. The highest BCUT2D eigenvalue weighted by atomic mass is 16.5. The minimum Gasteiger partial charge on any atom is -0.462 e. The summed E-state index contributed by atoms with van der Waals surface area (Å²) in [7, 11) is 0. The van der Waals surface area contributed by atoms with Crippen LogP contribution < -0.4 is 0 Å². The minimum absolute atomic E-state index is 0.0443. The van der Waals surface area contributed by atoms with Crippen LogP contribution in [-0.2, 0) is 9.53 Å². The van der Waals surface area contributed by atoms with Gasteiger partial charge in [0.05, 0.1) is 0 Å². The first-order valence-corrected chi connectivity index (χ1v) is 4.01. The van der Waals surface area contributed by atoms with Gasteiger partial charge in [-0.1, -0.05) is 11.6 Å². The molecular weight excluding hydrogens is 140 g/mol. The summed E-state index contributed by atoms with van der Waals surface area (Å²) in [5, 5.41) is 0. The van der Waals surface area contributed by atoms with Crippen molar-refractivity contribution in [3.8, 4) is 0 Å². The Bertz CT molecular complexity index is 178. The molecule has 0 aromatic rings. The fraction of sp³-hybridized carbons (Fsp3) is 0.667. The first-order valence-electron chi connectivity index (χ1n) is 4.01. The summed E-state index contributed by atoms with van der Waals surface area (Å²) in [4.78, 5) is 10.7. The van der Waals surface area contributed by atoms with Gasteiger partial charge in [0.1, 0.15) is 6.10 Å². The molecule has 0 spiro atoms. The topological polar surface area (TPSA) is 26.3 Å². The summed E-state index contributed by atoms with van der Waals surface area (Å²) >= 11 is 0. The summed E-state index contributed by atoms with van der Waals surface area (Å²) in [6.45, 7) is 4.10. The van der Waals surface area contributed by atoms with Gasteiger partial charge in [0.2, 0.25) is 0 Å². The molecule has 0 unspecified atom stereocenters. The molecular formula is C9H14O2. The van der Waals surface area contributed by atoms with Crippen molar-refractivity contribution in [1.82, 2.24) is 0 Å². The first-order chi connectivity index (χ1) is 5.18. The largest absolute Gasteiger partial charge is 0.462 e. The van der Waals surface area contributed by atoms with Crippen LogP contribution in [0, 0.1) is 0 Å². The van der Waals surface area contributed by atoms with Crippen LogP contribution in [0.2, 0.25) is 0 Å². The molecule has 0 aromatic carbocycles. The highest BCUT2D eigenvalue weighted by Crippen LogP contribution is 2.17. The minimum atomic E-state index is -0.0443. The molecule has 1 atom stereocenters. The zero-order valence-corrected chi connectivity index (χ0v) is 7.09. The Balaban J connectivity index is 2.29. The van der Waals surface area contributed by atoms with Crippen molar-refractivity contribution in [3.63, 3.8) is 0 Å². The summed E-state index contributed by atoms with van der Waals surface area (Å²) in [5.74, 6) is -0.0443. The van der Waals surface area contributed by atoms with Crippen molar-refractivity contribution >= 4 is 5.97 Å². The van der Waals surface area contributed by atoms with Gasteiger partial charge in [0, 0.05) is 12.8 Å². The van der Waals surface area contributed by atoms with Gasteiger partial charge >= 0.3 is 5.97 Å². The zero-order chi connectivity index (χ0) is 8.27. The molecule has 2 nitrogen and oxygen atoms in total. The van der Waals surface area contributed by atoms with Crippen LogP contribution in [0.4, 0.5) is 0 Å². The third-order valence-electron chi connectivity index (χ3n) is 1.76. The molecule has 0 bridgehead atoms. The summed E-state index contributed by atoms with van der Waals surface area (Å²) in [6, 6.07) is 0. The van der Waals surface area contributed by atoms with Gasteiger partial charge in [-0.3, -0.25) is 4.79 Å². The van der Waals surface area contributed by atoms with Gasteiger partial charge in [0.15, 0.2) is 0 Å². The average molecular weight is 154 g/mol. The van der Waals surface area contributed by atoms with Crippen LogP contribution >= 0.6 is 0 Å². The number of hydrogen-bond acceptors (Lipinski definition) is 2. The smallest absolute Gasteiger partial charge is 0.306 e. The molecule has 0 radical (unpaired) electrons. The number of carbonyl (C=O) groups is 1. The van der Waals surface area contributed by atoms with E-state index in [1.54, 1.807) is 0 Å². The van der Waals surface area contributed by atoms with Gasteiger partial charge < -0.3 is 4.74 Å². The van der Waals surface area contributed by atoms with Gasteiger partial charge in [0.25, 0.3) is 0 Å². The number of hydrogen-bond donors (Lipinski definition) is 0. The number of allylic oxidation sites excluding steroid dienone is 1. The van der Waals surface area contributed by atoms with E-state index in [0.29, 0.717) is 6.42 Å². The fourth-order valence-corrected chi connectivity index (χ4v) is 1.12. The van der Waals surface area contributed by atoms with Crippen molar-refractivity contribution in [2.45, 2.75) is 39.2 Å². The third-order valence-corrected chi connectivity index (χ3v) is 1.76. The molecule has 0 amide bonds. The van der Waals surface area contributed by atoms with E-state index in [-0.39, 0.29) is 12.1 Å². The monoisotopic (exact) mass is 154 g/mol. The molecule has 62 valence electrons. The second kappa shape index (κ2) is 3.56. The lowest BCUT2D eigenvalue weighted by molar-refractivity contribution is -0.141. The molecule has 1 aliphatic heterocycles. The lowest BCUT2D eigenvalue weighted by atomic mass is 10.1. The van der Waals surface area contributed by atoms with Crippen LogP contribution in [0.3, 0.4) is 0 Å². The Hall–Kier alpha value is -0.790. The Morgan fingerprint density at radius 3 is 2.91 bits per heavy atom. The highest BCUT2D eigenvalue weighted by molar-refractivity contribution is 5.71. The molecule has 1 rings (SSSR count). The predicted octanol–water partition coefficient (Wildman–Crippen LogP) is 2.05. The third kappa shape index (κ3) is 2.74. The second-order valence-electron chi connectivity index (χ2n) is 3.17. The van der Waals surface area contributed by atoms with E-state index < -0.39 is 0 Å². The summed E-state index contributed by atoms with van der Waals surface area (Å²) < 4.78 is 5.03. The molecule has 0 saturated carbocycles. The van der Waals surface area contributed by atoms with Gasteiger partial charge in [-0.05, 0) is 20.3 Å². The molecule has 2 heteroatoms. The Labute approximate surface area is 67.2 Å². The van der Waals surface area contributed by atoms with E-state index in [9.17, 15) is 4.79 Å². The number of cyclic esters (lactones) is 1. The predicted molar refractivity (Wildman–Crippen MR) is 43.2 cm³/mol. The van der Waals surface area contributed by atoms with Crippen LogP contribution in [0.25, 0.3) is 0 Å². The van der Waals surface area contributed by atoms with E-state index in [4.69, 9.17) is 4.74 Å². The first kappa shape index (κ1) is 8.31. The van der Waals surface area contributed by atoms with Crippen LogP contribution in [0.5, 0.6) is 0 Å². The number of rotatable bonds is 2. The number of esters is 1. The normalized spacial score (nSPS) is 23.1. The van der Waals surface area contributed by atoms with E-state index in [0.717, 1.165) is 12.8 Å². The molecule has 11 heavy (non-hydrogen) atoms. The summed E-state index contributed by atoms with van der Waals surface area (Å²) in [5.41, 5.74) is 1.29. The molecule has 1 fully saturated rings. The Kier molecular flexibility index (Phi) is 2.69. The van der Waals surface area contributed by atoms with E-state index >= 15 is 0 Å². The van der Waals surface area contributed by atoms with Gasteiger partial charge in [-0.15, -0.1) is 0 Å².